The summed E-state index contributed by atoms with van der Waals surface area (Å²) in [6.45, 7) is 12.6. The molecule has 1 fully saturated rings. The standard InChI is InChI=1S/C16H31NO2.ClH/c1-12(2)9-17(10-13(3)4)11-14-5-7-15(8-6-14)16(18)19;/h12-15H,5-11H2,1-4H3,(H,18,19);1H. The molecule has 1 N–H and O–H groups in total. The van der Waals surface area contributed by atoms with Gasteiger partial charge in [-0.25, -0.2) is 0 Å². The third-order valence-corrected chi connectivity index (χ3v) is 3.96. The van der Waals surface area contributed by atoms with Crippen molar-refractivity contribution in [3.63, 3.8) is 0 Å². The van der Waals surface area contributed by atoms with E-state index in [1.807, 2.05) is 0 Å². The van der Waals surface area contributed by atoms with E-state index in [1.54, 1.807) is 0 Å². The maximum atomic E-state index is 11.0. The van der Waals surface area contributed by atoms with Crippen molar-refractivity contribution in [2.24, 2.45) is 23.7 Å². The van der Waals surface area contributed by atoms with Crippen LogP contribution in [0.1, 0.15) is 53.4 Å². The zero-order chi connectivity index (χ0) is 14.4. The minimum atomic E-state index is -0.598. The molecule has 0 aromatic rings. The normalized spacial score (nSPS) is 23.1. The Labute approximate surface area is 130 Å². The highest BCUT2D eigenvalue weighted by Crippen LogP contribution is 2.29. The minimum Gasteiger partial charge on any atom is -0.481 e. The van der Waals surface area contributed by atoms with Crippen molar-refractivity contribution in [2.75, 3.05) is 19.6 Å². The van der Waals surface area contributed by atoms with Gasteiger partial charge in [0.1, 0.15) is 0 Å². The van der Waals surface area contributed by atoms with Crippen LogP contribution in [0.2, 0.25) is 0 Å². The predicted octanol–water partition coefficient (Wildman–Crippen LogP) is 3.91. The van der Waals surface area contributed by atoms with Crippen LogP contribution < -0.4 is 0 Å². The summed E-state index contributed by atoms with van der Waals surface area (Å²) in [6.07, 6.45) is 3.92. The molecule has 0 unspecified atom stereocenters. The minimum absolute atomic E-state index is 0. The van der Waals surface area contributed by atoms with Crippen molar-refractivity contribution in [3.8, 4) is 0 Å². The van der Waals surface area contributed by atoms with E-state index < -0.39 is 5.97 Å². The summed E-state index contributed by atoms with van der Waals surface area (Å²) < 4.78 is 0. The number of aliphatic carboxylic acids is 1. The fourth-order valence-corrected chi connectivity index (χ4v) is 3.21. The van der Waals surface area contributed by atoms with Crippen LogP contribution in [-0.2, 0) is 4.79 Å². The van der Waals surface area contributed by atoms with E-state index in [2.05, 4.69) is 32.6 Å². The summed E-state index contributed by atoms with van der Waals surface area (Å²) in [6, 6.07) is 0. The molecule has 0 aromatic carbocycles. The van der Waals surface area contributed by atoms with Gasteiger partial charge >= 0.3 is 5.97 Å². The Balaban J connectivity index is 0.00000361. The van der Waals surface area contributed by atoms with E-state index in [1.165, 1.54) is 0 Å². The van der Waals surface area contributed by atoms with Crippen LogP contribution in [-0.4, -0.2) is 35.6 Å². The number of hydrogen-bond donors (Lipinski definition) is 1. The lowest BCUT2D eigenvalue weighted by Gasteiger charge is -2.33. The van der Waals surface area contributed by atoms with E-state index in [4.69, 9.17) is 5.11 Å². The SMILES string of the molecule is CC(C)CN(CC(C)C)CC1CCC(C(=O)O)CC1.Cl. The first-order valence-electron chi connectivity index (χ1n) is 7.83. The maximum Gasteiger partial charge on any atom is 0.306 e. The number of nitrogens with zero attached hydrogens (tertiary/aromatic N) is 1. The average molecular weight is 306 g/mol. The van der Waals surface area contributed by atoms with Gasteiger partial charge in [0.15, 0.2) is 0 Å². The van der Waals surface area contributed by atoms with E-state index in [-0.39, 0.29) is 18.3 Å². The first kappa shape index (κ1) is 19.7. The molecule has 0 saturated heterocycles. The van der Waals surface area contributed by atoms with Crippen LogP contribution in [0.25, 0.3) is 0 Å². The number of carbonyl (C=O) groups is 1. The van der Waals surface area contributed by atoms with Crippen LogP contribution in [0.15, 0.2) is 0 Å². The molecular formula is C16H32ClNO2. The number of rotatable bonds is 7. The molecule has 1 rings (SSSR count). The van der Waals surface area contributed by atoms with Gasteiger partial charge in [0.05, 0.1) is 5.92 Å². The number of halogens is 1. The summed E-state index contributed by atoms with van der Waals surface area (Å²) in [5.74, 6) is 1.43. The van der Waals surface area contributed by atoms with Gasteiger partial charge in [-0.3, -0.25) is 4.79 Å². The van der Waals surface area contributed by atoms with E-state index in [0.717, 1.165) is 45.3 Å². The van der Waals surface area contributed by atoms with Crippen molar-refractivity contribution < 1.29 is 9.90 Å². The summed E-state index contributed by atoms with van der Waals surface area (Å²) in [5.41, 5.74) is 0. The van der Waals surface area contributed by atoms with Crippen molar-refractivity contribution in [1.82, 2.24) is 4.90 Å². The summed E-state index contributed by atoms with van der Waals surface area (Å²) in [4.78, 5) is 13.5. The second-order valence-electron chi connectivity index (χ2n) is 7.06. The summed E-state index contributed by atoms with van der Waals surface area (Å²) in [7, 11) is 0. The van der Waals surface area contributed by atoms with Gasteiger partial charge in [-0.2, -0.15) is 0 Å². The van der Waals surface area contributed by atoms with Gasteiger partial charge in [-0.05, 0) is 43.4 Å². The monoisotopic (exact) mass is 305 g/mol. The molecule has 0 amide bonds. The molecule has 0 spiro atoms. The molecule has 0 aromatic heterocycles. The summed E-state index contributed by atoms with van der Waals surface area (Å²) >= 11 is 0. The topological polar surface area (TPSA) is 40.5 Å². The zero-order valence-corrected chi connectivity index (χ0v) is 14.3. The van der Waals surface area contributed by atoms with Crippen LogP contribution in [0.4, 0.5) is 0 Å². The highest BCUT2D eigenvalue weighted by Gasteiger charge is 2.27. The van der Waals surface area contributed by atoms with Crippen molar-refractivity contribution >= 4 is 18.4 Å². The summed E-state index contributed by atoms with van der Waals surface area (Å²) in [5, 5.41) is 9.03. The van der Waals surface area contributed by atoms with Crippen LogP contribution in [0.5, 0.6) is 0 Å². The van der Waals surface area contributed by atoms with Crippen molar-refractivity contribution in [3.05, 3.63) is 0 Å². The first-order valence-corrected chi connectivity index (χ1v) is 7.83. The van der Waals surface area contributed by atoms with Crippen LogP contribution in [0.3, 0.4) is 0 Å². The Kier molecular flexibility index (Phi) is 9.48. The lowest BCUT2D eigenvalue weighted by Crippen LogP contribution is -2.37. The molecule has 0 atom stereocenters. The second kappa shape index (κ2) is 9.62. The number of carboxylic acid groups (broad SMARTS) is 1. The molecule has 0 bridgehead atoms. The smallest absolute Gasteiger partial charge is 0.306 e. The molecule has 20 heavy (non-hydrogen) atoms. The lowest BCUT2D eigenvalue weighted by atomic mass is 9.81. The molecular weight excluding hydrogens is 274 g/mol. The molecule has 1 aliphatic rings. The third-order valence-electron chi connectivity index (χ3n) is 3.96. The highest BCUT2D eigenvalue weighted by molar-refractivity contribution is 5.85. The highest BCUT2D eigenvalue weighted by atomic mass is 35.5. The Bertz CT molecular complexity index is 264. The Morgan fingerprint density at radius 3 is 1.85 bits per heavy atom. The maximum absolute atomic E-state index is 11.0. The molecule has 1 aliphatic carbocycles. The van der Waals surface area contributed by atoms with Crippen molar-refractivity contribution in [2.45, 2.75) is 53.4 Å². The zero-order valence-electron chi connectivity index (χ0n) is 13.5. The van der Waals surface area contributed by atoms with Gasteiger partial charge in [0.25, 0.3) is 0 Å². The first-order chi connectivity index (χ1) is 8.88. The fourth-order valence-electron chi connectivity index (χ4n) is 3.21. The molecule has 3 nitrogen and oxygen atoms in total. The molecule has 1 saturated carbocycles. The molecule has 0 aliphatic heterocycles. The molecule has 0 heterocycles. The second-order valence-corrected chi connectivity index (χ2v) is 7.06. The quantitative estimate of drug-likeness (QED) is 0.775. The van der Waals surface area contributed by atoms with E-state index in [0.29, 0.717) is 17.8 Å². The number of carboxylic acids is 1. The predicted molar refractivity (Wildman–Crippen MR) is 86.4 cm³/mol. The lowest BCUT2D eigenvalue weighted by molar-refractivity contribution is -0.143. The van der Waals surface area contributed by atoms with Gasteiger partial charge in [-0.15, -0.1) is 12.4 Å². The third kappa shape index (κ3) is 7.49. The van der Waals surface area contributed by atoms with Gasteiger partial charge in [-0.1, -0.05) is 27.7 Å². The Morgan fingerprint density at radius 2 is 1.50 bits per heavy atom. The Morgan fingerprint density at radius 1 is 1.05 bits per heavy atom. The van der Waals surface area contributed by atoms with Gasteiger partial charge in [0.2, 0.25) is 0 Å². The van der Waals surface area contributed by atoms with Gasteiger partial charge < -0.3 is 10.0 Å². The average Bonchev–Trinajstić information content (AvgIpc) is 2.27. The number of hydrogen-bond acceptors (Lipinski definition) is 2. The molecule has 0 radical (unpaired) electrons. The molecule has 4 heteroatoms. The fraction of sp³-hybridized carbons (Fsp3) is 0.938. The Hall–Kier alpha value is -0.280. The van der Waals surface area contributed by atoms with E-state index in [9.17, 15) is 4.79 Å². The van der Waals surface area contributed by atoms with Gasteiger partial charge in [0, 0.05) is 19.6 Å². The molecule has 120 valence electrons. The van der Waals surface area contributed by atoms with Crippen LogP contribution >= 0.6 is 12.4 Å². The van der Waals surface area contributed by atoms with E-state index >= 15 is 0 Å². The van der Waals surface area contributed by atoms with Crippen LogP contribution in [0, 0.1) is 23.7 Å². The van der Waals surface area contributed by atoms with Crippen molar-refractivity contribution in [1.29, 1.82) is 0 Å². The largest absolute Gasteiger partial charge is 0.481 e.